The van der Waals surface area contributed by atoms with Crippen molar-refractivity contribution >= 4 is 42.9 Å². The van der Waals surface area contributed by atoms with E-state index in [0.717, 1.165) is 51.4 Å². The molecule has 2 unspecified atom stereocenters. The predicted molar refractivity (Wildman–Crippen MR) is 167 cm³/mol. The molecule has 0 aromatic carbocycles. The van der Waals surface area contributed by atoms with Gasteiger partial charge in [0.2, 0.25) is 0 Å². The first kappa shape index (κ1) is 28.8. The summed E-state index contributed by atoms with van der Waals surface area (Å²) >= 11 is 1.08. The van der Waals surface area contributed by atoms with Crippen LogP contribution in [0.1, 0.15) is 75.3 Å². The Balaban J connectivity index is 1.49. The Morgan fingerprint density at radius 2 is 2.15 bits per heavy atom. The first-order valence-corrected chi connectivity index (χ1v) is 15.6. The first-order valence-electron chi connectivity index (χ1n) is 14.3. The Labute approximate surface area is 243 Å². The molecule has 1 fully saturated rings. The van der Waals surface area contributed by atoms with Crippen molar-refractivity contribution in [3.05, 3.63) is 62.5 Å². The molecule has 5 rings (SSSR count). The molecule has 0 amide bonds. The maximum absolute atomic E-state index is 15.0. The van der Waals surface area contributed by atoms with Gasteiger partial charge >= 0.3 is 0 Å². The molecule has 4 aliphatic rings. The van der Waals surface area contributed by atoms with Crippen molar-refractivity contribution < 1.29 is 9.13 Å². The summed E-state index contributed by atoms with van der Waals surface area (Å²) < 4.78 is 20.9. The van der Waals surface area contributed by atoms with Crippen molar-refractivity contribution in [1.29, 1.82) is 5.26 Å². The Morgan fingerprint density at radius 1 is 1.38 bits per heavy atom. The molecule has 1 aromatic rings. The number of hydrogen-bond donors (Lipinski definition) is 2. The van der Waals surface area contributed by atoms with Gasteiger partial charge < -0.3 is 20.7 Å². The largest absolute Gasteiger partial charge is 0.389 e. The van der Waals surface area contributed by atoms with Gasteiger partial charge in [-0.2, -0.15) is 5.26 Å². The number of rotatable bonds is 8. The molecule has 0 bridgehead atoms. The fraction of sp³-hybridized carbons (Fsp3) is 0.484. The van der Waals surface area contributed by atoms with Gasteiger partial charge in [-0.15, -0.1) is 20.6 Å². The topological polar surface area (TPSA) is 86.7 Å². The van der Waals surface area contributed by atoms with Crippen molar-refractivity contribution in [2.45, 2.75) is 71.4 Å². The highest BCUT2D eigenvalue weighted by atomic mass is 32.1. The molecule has 0 saturated carbocycles. The van der Waals surface area contributed by atoms with Crippen LogP contribution in [0.25, 0.3) is 11.4 Å². The Hall–Kier alpha value is -2.72. The molecular weight excluding hydrogens is 540 g/mol. The van der Waals surface area contributed by atoms with Gasteiger partial charge in [0.1, 0.15) is 22.9 Å². The molecule has 1 aliphatic carbocycles. The van der Waals surface area contributed by atoms with E-state index in [0.29, 0.717) is 46.2 Å². The number of hydrogen-bond acceptors (Lipinski definition) is 7. The maximum Gasteiger partial charge on any atom is 0.199 e. The lowest BCUT2D eigenvalue weighted by molar-refractivity contribution is 0.206. The zero-order chi connectivity index (χ0) is 28.6. The van der Waals surface area contributed by atoms with E-state index >= 15 is 0 Å². The van der Waals surface area contributed by atoms with E-state index in [2.05, 4.69) is 52.2 Å². The summed E-state index contributed by atoms with van der Waals surface area (Å²) in [6.45, 7) is 12.5. The minimum absolute atomic E-state index is 0.235. The van der Waals surface area contributed by atoms with E-state index in [9.17, 15) is 9.65 Å². The average Bonchev–Trinajstić information content (AvgIpc) is 3.67. The number of nitrogens with zero attached hydrogens (tertiary/aromatic N) is 3. The number of guanidine groups is 1. The smallest absolute Gasteiger partial charge is 0.199 e. The van der Waals surface area contributed by atoms with Gasteiger partial charge in [0.25, 0.3) is 0 Å². The fourth-order valence-electron chi connectivity index (χ4n) is 6.45. The van der Waals surface area contributed by atoms with Gasteiger partial charge in [0.15, 0.2) is 5.96 Å². The van der Waals surface area contributed by atoms with Gasteiger partial charge in [-0.05, 0) is 60.2 Å². The van der Waals surface area contributed by atoms with E-state index < -0.39 is 5.83 Å². The third-order valence-corrected chi connectivity index (χ3v) is 10.1. The molecule has 0 spiro atoms. The number of aliphatic imine (C=N–C) groups is 1. The number of likely N-dealkylation sites (tertiary alicyclic amines) is 1. The van der Waals surface area contributed by atoms with Crippen LogP contribution < -0.4 is 11.1 Å². The van der Waals surface area contributed by atoms with Crippen molar-refractivity contribution in [3.8, 4) is 6.07 Å². The molecule has 1 saturated heterocycles. The molecule has 1 aromatic heterocycles. The van der Waals surface area contributed by atoms with E-state index in [1.165, 1.54) is 44.6 Å². The van der Waals surface area contributed by atoms with Gasteiger partial charge in [-0.3, -0.25) is 0 Å². The van der Waals surface area contributed by atoms with Crippen LogP contribution >= 0.6 is 20.6 Å². The van der Waals surface area contributed by atoms with Gasteiger partial charge in [0.05, 0.1) is 23.7 Å². The van der Waals surface area contributed by atoms with Crippen LogP contribution in [-0.2, 0) is 4.74 Å². The molecule has 6 nitrogen and oxygen atoms in total. The van der Waals surface area contributed by atoms with E-state index in [4.69, 9.17) is 15.5 Å². The number of thiophene rings is 1. The summed E-state index contributed by atoms with van der Waals surface area (Å²) in [7, 11) is 2.88. The van der Waals surface area contributed by atoms with Crippen molar-refractivity contribution in [2.24, 2.45) is 10.9 Å². The number of allylic oxidation sites excluding steroid dienone is 2. The molecule has 3 N–H and O–H groups in total. The van der Waals surface area contributed by atoms with E-state index in [1.807, 2.05) is 0 Å². The Bertz CT molecular complexity index is 1410. The number of nitriles is 1. The molecule has 0 radical (unpaired) electrons. The normalized spacial score (nSPS) is 24.4. The van der Waals surface area contributed by atoms with Gasteiger partial charge in [-0.1, -0.05) is 45.3 Å². The van der Waals surface area contributed by atoms with E-state index in [1.54, 1.807) is 6.92 Å². The lowest BCUT2D eigenvalue weighted by atomic mass is 9.80. The SMILES string of the molecule is C=C(C1=C(P)C2N=C(N3C[C@H](CCCCCC)C[C@@H]3C)NC=C2C2=C1COC2)c1c(/C(F)=C\C)sc(N)c1C#N. The molecular formula is C31H39FN5OPS. The quantitative estimate of drug-likeness (QED) is 0.258. The van der Waals surface area contributed by atoms with Crippen LogP contribution in [0.5, 0.6) is 0 Å². The number of nitrogens with two attached hydrogens (primary N) is 1. The molecule has 212 valence electrons. The van der Waals surface area contributed by atoms with Crippen LogP contribution in [0.15, 0.2) is 51.5 Å². The summed E-state index contributed by atoms with van der Waals surface area (Å²) in [6, 6.07) is 2.36. The molecule has 40 heavy (non-hydrogen) atoms. The molecule has 9 heteroatoms. The second-order valence-corrected chi connectivity index (χ2v) is 12.8. The molecule has 3 aliphatic heterocycles. The first-order chi connectivity index (χ1) is 19.3. The average molecular weight is 580 g/mol. The third kappa shape index (κ3) is 5.09. The van der Waals surface area contributed by atoms with Crippen molar-refractivity contribution in [1.82, 2.24) is 10.2 Å². The summed E-state index contributed by atoms with van der Waals surface area (Å²) in [6.07, 6.45) is 11.1. The number of nitrogen functional groups attached to an aromatic ring is 1. The minimum atomic E-state index is -0.414. The van der Waals surface area contributed by atoms with Crippen LogP contribution in [-0.4, -0.2) is 42.7 Å². The van der Waals surface area contributed by atoms with Crippen LogP contribution in [0, 0.1) is 17.2 Å². The monoisotopic (exact) mass is 579 g/mol. The second kappa shape index (κ2) is 12.0. The standard InChI is InChI=1S/C31H39FN5OPS/c1-5-7-8-9-10-19-11-17(3)37(14-19)31-35-13-21-22-15-38-16-23(22)25(28(39)27(21)36-31)18(4)26-20(12-33)30(34)40-29(26)24(32)6-2/h6,13,17,19,27H,4-5,7-11,14-16,34,39H2,1-3H3,(H,35,36)/b24-6+/t17-,19+,27?/m0/s1. The highest BCUT2D eigenvalue weighted by Gasteiger charge is 2.40. The van der Waals surface area contributed by atoms with E-state index in [-0.39, 0.29) is 11.6 Å². The van der Waals surface area contributed by atoms with Crippen LogP contribution in [0.4, 0.5) is 9.39 Å². The fourth-order valence-corrected chi connectivity index (χ4v) is 8.07. The van der Waals surface area contributed by atoms with Crippen molar-refractivity contribution in [3.63, 3.8) is 0 Å². The van der Waals surface area contributed by atoms with Crippen LogP contribution in [0.2, 0.25) is 0 Å². The summed E-state index contributed by atoms with van der Waals surface area (Å²) in [5, 5.41) is 14.7. The maximum atomic E-state index is 15.0. The lowest BCUT2D eigenvalue weighted by Crippen LogP contribution is -2.45. The Kier molecular flexibility index (Phi) is 8.66. The number of ether oxygens (including phenoxy) is 1. The number of fused-ring (bicyclic) bond motifs is 2. The van der Waals surface area contributed by atoms with Crippen molar-refractivity contribution in [2.75, 3.05) is 25.5 Å². The zero-order valence-corrected chi connectivity index (χ0v) is 25.6. The number of anilines is 1. The summed E-state index contributed by atoms with van der Waals surface area (Å²) in [4.78, 5) is 7.99. The second-order valence-electron chi connectivity index (χ2n) is 11.1. The summed E-state index contributed by atoms with van der Waals surface area (Å²) in [5.41, 5.74) is 11.5. The lowest BCUT2D eigenvalue weighted by Gasteiger charge is -2.35. The van der Waals surface area contributed by atoms with Gasteiger partial charge in [0, 0.05) is 29.9 Å². The number of nitrogens with one attached hydrogen (secondary N) is 1. The summed E-state index contributed by atoms with van der Waals surface area (Å²) in [5.74, 6) is 1.16. The van der Waals surface area contributed by atoms with Gasteiger partial charge in [-0.25, -0.2) is 9.38 Å². The number of halogens is 1. The number of unbranched alkanes of at least 4 members (excludes halogenated alkanes) is 3. The zero-order valence-electron chi connectivity index (χ0n) is 23.6. The highest BCUT2D eigenvalue weighted by molar-refractivity contribution is 7.23. The Morgan fingerprint density at radius 3 is 2.88 bits per heavy atom. The molecule has 4 atom stereocenters. The highest BCUT2D eigenvalue weighted by Crippen LogP contribution is 2.50. The third-order valence-electron chi connectivity index (χ3n) is 8.51. The predicted octanol–water partition coefficient (Wildman–Crippen LogP) is 6.91. The van der Waals surface area contributed by atoms with Crippen LogP contribution in [0.3, 0.4) is 0 Å². The minimum Gasteiger partial charge on any atom is -0.389 e. The molecule has 4 heterocycles.